The zero-order valence-electron chi connectivity index (χ0n) is 15.4. The van der Waals surface area contributed by atoms with Crippen molar-refractivity contribution >= 4 is 28.9 Å². The first kappa shape index (κ1) is 17.5. The summed E-state index contributed by atoms with van der Waals surface area (Å²) in [6, 6.07) is 17.2. The van der Waals surface area contributed by atoms with Crippen LogP contribution in [0.5, 0.6) is 0 Å². The lowest BCUT2D eigenvalue weighted by Crippen LogP contribution is -2.36. The first-order valence-electron chi connectivity index (χ1n) is 9.48. The number of amides is 2. The van der Waals surface area contributed by atoms with Gasteiger partial charge >= 0.3 is 0 Å². The summed E-state index contributed by atoms with van der Waals surface area (Å²) < 4.78 is 0. The van der Waals surface area contributed by atoms with E-state index in [1.54, 1.807) is 19.1 Å². The van der Waals surface area contributed by atoms with Crippen molar-refractivity contribution in [3.63, 3.8) is 0 Å². The third-order valence-corrected chi connectivity index (χ3v) is 5.37. The molecular weight excluding hydrogens is 338 g/mol. The van der Waals surface area contributed by atoms with E-state index in [1.807, 2.05) is 36.4 Å². The van der Waals surface area contributed by atoms with E-state index in [0.717, 1.165) is 5.69 Å². The predicted molar refractivity (Wildman–Crippen MR) is 107 cm³/mol. The minimum absolute atomic E-state index is 0.317. The van der Waals surface area contributed by atoms with Crippen molar-refractivity contribution in [2.24, 2.45) is 11.0 Å². The molecule has 27 heavy (non-hydrogen) atoms. The van der Waals surface area contributed by atoms with E-state index in [9.17, 15) is 9.59 Å². The van der Waals surface area contributed by atoms with Crippen LogP contribution < -0.4 is 10.3 Å². The Morgan fingerprint density at radius 3 is 2.56 bits per heavy atom. The van der Waals surface area contributed by atoms with Crippen LogP contribution in [0.25, 0.3) is 0 Å². The number of anilines is 2. The van der Waals surface area contributed by atoms with E-state index < -0.39 is 5.92 Å². The van der Waals surface area contributed by atoms with Gasteiger partial charge in [-0.3, -0.25) is 9.59 Å². The van der Waals surface area contributed by atoms with Crippen LogP contribution in [0.2, 0.25) is 0 Å². The standard InChI is InChI=1S/C22H23N3O2/c1-15-20(22(27)25(24-15)19-12-3-2-4-13-19)21(26)23-18-11-7-10-17(14-18)16-8-5-6-9-16/h2-4,7,10-14,16,20H,5-6,8-9H2,1H3,(H,23,26). The molecule has 1 N–H and O–H groups in total. The lowest BCUT2D eigenvalue weighted by molar-refractivity contribution is -0.127. The van der Waals surface area contributed by atoms with Gasteiger partial charge in [0, 0.05) is 5.69 Å². The number of hydrogen-bond acceptors (Lipinski definition) is 3. The normalized spacial score (nSPS) is 20.0. The SMILES string of the molecule is CC1=NN(c2ccccc2)C(=O)C1C(=O)Nc1cccc(C2CCCC2)c1. The topological polar surface area (TPSA) is 61.8 Å². The predicted octanol–water partition coefficient (Wildman–Crippen LogP) is 4.32. The molecule has 1 fully saturated rings. The van der Waals surface area contributed by atoms with E-state index >= 15 is 0 Å². The van der Waals surface area contributed by atoms with Crippen molar-refractivity contribution in [3.05, 3.63) is 60.2 Å². The number of hydrogen-bond donors (Lipinski definition) is 1. The molecule has 5 heteroatoms. The van der Waals surface area contributed by atoms with Gasteiger partial charge in [0.2, 0.25) is 5.91 Å². The molecule has 5 nitrogen and oxygen atoms in total. The Morgan fingerprint density at radius 1 is 1.07 bits per heavy atom. The highest BCUT2D eigenvalue weighted by molar-refractivity contribution is 6.28. The van der Waals surface area contributed by atoms with Crippen molar-refractivity contribution in [1.82, 2.24) is 0 Å². The lowest BCUT2D eigenvalue weighted by atomic mass is 9.97. The Labute approximate surface area is 159 Å². The van der Waals surface area contributed by atoms with Gasteiger partial charge in [0.25, 0.3) is 5.91 Å². The van der Waals surface area contributed by atoms with Crippen molar-refractivity contribution in [3.8, 4) is 0 Å². The molecule has 1 aliphatic carbocycles. The largest absolute Gasteiger partial charge is 0.325 e. The van der Waals surface area contributed by atoms with Gasteiger partial charge in [-0.05, 0) is 55.5 Å². The molecule has 2 aliphatic rings. The van der Waals surface area contributed by atoms with E-state index in [0.29, 0.717) is 17.3 Å². The van der Waals surface area contributed by atoms with Crippen LogP contribution in [0.4, 0.5) is 11.4 Å². The summed E-state index contributed by atoms with van der Waals surface area (Å²) >= 11 is 0. The zero-order chi connectivity index (χ0) is 18.8. The Hall–Kier alpha value is -2.95. The van der Waals surface area contributed by atoms with Gasteiger partial charge in [-0.15, -0.1) is 0 Å². The van der Waals surface area contributed by atoms with Crippen LogP contribution in [-0.2, 0) is 9.59 Å². The molecule has 2 amide bonds. The van der Waals surface area contributed by atoms with Crippen LogP contribution in [0, 0.1) is 5.92 Å². The maximum absolute atomic E-state index is 12.8. The molecule has 1 saturated carbocycles. The van der Waals surface area contributed by atoms with E-state index in [1.165, 1.54) is 36.3 Å². The number of carbonyl (C=O) groups is 2. The van der Waals surface area contributed by atoms with Crippen LogP contribution in [0.3, 0.4) is 0 Å². The van der Waals surface area contributed by atoms with E-state index in [-0.39, 0.29) is 11.8 Å². The highest BCUT2D eigenvalue weighted by Crippen LogP contribution is 2.35. The van der Waals surface area contributed by atoms with Crippen LogP contribution >= 0.6 is 0 Å². The molecule has 0 radical (unpaired) electrons. The maximum Gasteiger partial charge on any atom is 0.265 e. The van der Waals surface area contributed by atoms with E-state index in [2.05, 4.69) is 16.5 Å². The molecule has 0 bridgehead atoms. The van der Waals surface area contributed by atoms with Crippen LogP contribution in [0.1, 0.15) is 44.1 Å². The number of hydrazone groups is 1. The summed E-state index contributed by atoms with van der Waals surface area (Å²) in [5, 5.41) is 8.53. The minimum Gasteiger partial charge on any atom is -0.325 e. The van der Waals surface area contributed by atoms with Gasteiger partial charge < -0.3 is 5.32 Å². The molecule has 0 aromatic heterocycles. The molecule has 2 aromatic rings. The van der Waals surface area contributed by atoms with Crippen molar-refractivity contribution in [1.29, 1.82) is 0 Å². The average Bonchev–Trinajstić information content (AvgIpc) is 3.31. The summed E-state index contributed by atoms with van der Waals surface area (Å²) in [5.74, 6) is -0.960. The maximum atomic E-state index is 12.8. The number of benzene rings is 2. The van der Waals surface area contributed by atoms with Crippen molar-refractivity contribution < 1.29 is 9.59 Å². The molecule has 138 valence electrons. The summed E-state index contributed by atoms with van der Waals surface area (Å²) in [6.45, 7) is 1.72. The summed E-state index contributed by atoms with van der Waals surface area (Å²) in [4.78, 5) is 25.6. The summed E-state index contributed by atoms with van der Waals surface area (Å²) in [5.41, 5.74) is 3.18. The molecule has 1 aliphatic heterocycles. The van der Waals surface area contributed by atoms with Crippen molar-refractivity contribution in [2.45, 2.75) is 38.5 Å². The first-order chi connectivity index (χ1) is 13.1. The van der Waals surface area contributed by atoms with Gasteiger partial charge in [-0.1, -0.05) is 43.2 Å². The molecule has 4 rings (SSSR count). The monoisotopic (exact) mass is 361 g/mol. The number of nitrogens with zero attached hydrogens (tertiary/aromatic N) is 2. The highest BCUT2D eigenvalue weighted by Gasteiger charge is 2.39. The zero-order valence-corrected chi connectivity index (χ0v) is 15.4. The Balaban J connectivity index is 1.49. The molecule has 2 aromatic carbocycles. The molecule has 1 unspecified atom stereocenters. The van der Waals surface area contributed by atoms with Gasteiger partial charge in [-0.25, -0.2) is 0 Å². The number of rotatable bonds is 4. The quantitative estimate of drug-likeness (QED) is 0.824. The first-order valence-corrected chi connectivity index (χ1v) is 9.48. The fraction of sp³-hybridized carbons (Fsp3) is 0.318. The molecule has 1 atom stereocenters. The molecule has 0 spiro atoms. The van der Waals surface area contributed by atoms with Crippen LogP contribution in [0.15, 0.2) is 59.7 Å². The average molecular weight is 361 g/mol. The summed E-state index contributed by atoms with van der Waals surface area (Å²) in [6.07, 6.45) is 4.94. The Bertz CT molecular complexity index is 885. The fourth-order valence-electron chi connectivity index (χ4n) is 3.97. The molecule has 0 saturated heterocycles. The second kappa shape index (κ2) is 7.35. The smallest absolute Gasteiger partial charge is 0.265 e. The lowest BCUT2D eigenvalue weighted by Gasteiger charge is -2.15. The fourth-order valence-corrected chi connectivity index (χ4v) is 3.97. The summed E-state index contributed by atoms with van der Waals surface area (Å²) in [7, 11) is 0. The highest BCUT2D eigenvalue weighted by atomic mass is 16.2. The Morgan fingerprint density at radius 2 is 1.81 bits per heavy atom. The van der Waals surface area contributed by atoms with Gasteiger partial charge in [0.05, 0.1) is 11.4 Å². The second-order valence-corrected chi connectivity index (χ2v) is 7.26. The van der Waals surface area contributed by atoms with Gasteiger partial charge in [0.15, 0.2) is 5.92 Å². The van der Waals surface area contributed by atoms with Crippen molar-refractivity contribution in [2.75, 3.05) is 10.3 Å². The van der Waals surface area contributed by atoms with Crippen LogP contribution in [-0.4, -0.2) is 17.5 Å². The number of carbonyl (C=O) groups excluding carboxylic acids is 2. The third-order valence-electron chi connectivity index (χ3n) is 5.37. The number of nitrogens with one attached hydrogen (secondary N) is 1. The molecular formula is C22H23N3O2. The Kier molecular flexibility index (Phi) is 4.75. The minimum atomic E-state index is -0.889. The van der Waals surface area contributed by atoms with Gasteiger partial charge in [0.1, 0.15) is 0 Å². The molecule has 1 heterocycles. The van der Waals surface area contributed by atoms with E-state index in [4.69, 9.17) is 0 Å². The second-order valence-electron chi connectivity index (χ2n) is 7.26. The van der Waals surface area contributed by atoms with Gasteiger partial charge in [-0.2, -0.15) is 10.1 Å². The third kappa shape index (κ3) is 3.50. The number of para-hydroxylation sites is 1.